The maximum atomic E-state index is 12.6. The largest absolute Gasteiger partial charge is 0.497 e. The van der Waals surface area contributed by atoms with E-state index in [1.54, 1.807) is 7.11 Å². The first-order chi connectivity index (χ1) is 16.1. The SMILES string of the molecule is CCCCC[C@@H]1[C@H](c2ccccc2)N(C)[C@H](c2ccccc2)C[C@]1(O)c1cccc(OC)c1. The summed E-state index contributed by atoms with van der Waals surface area (Å²) < 4.78 is 5.55. The molecule has 3 aromatic rings. The number of hydrogen-bond acceptors (Lipinski definition) is 3. The zero-order valence-electron chi connectivity index (χ0n) is 20.2. The van der Waals surface area contributed by atoms with Gasteiger partial charge in [-0.2, -0.15) is 0 Å². The molecule has 0 radical (unpaired) electrons. The highest BCUT2D eigenvalue weighted by molar-refractivity contribution is 5.36. The zero-order chi connectivity index (χ0) is 23.3. The summed E-state index contributed by atoms with van der Waals surface area (Å²) in [5, 5.41) is 12.6. The van der Waals surface area contributed by atoms with Crippen LogP contribution in [0.15, 0.2) is 84.9 Å². The Labute approximate surface area is 199 Å². The maximum Gasteiger partial charge on any atom is 0.119 e. The van der Waals surface area contributed by atoms with Gasteiger partial charge < -0.3 is 9.84 Å². The van der Waals surface area contributed by atoms with Crippen molar-refractivity contribution in [2.24, 2.45) is 5.92 Å². The van der Waals surface area contributed by atoms with Gasteiger partial charge in [-0.05, 0) is 42.3 Å². The van der Waals surface area contributed by atoms with E-state index in [4.69, 9.17) is 4.74 Å². The standard InChI is InChI=1S/C30H37NO2/c1-4-5-8-20-27-29(24-16-11-7-12-17-24)31(2)28(23-14-9-6-10-15-23)22-30(27,32)25-18-13-19-26(21-25)33-3/h6-7,9-19,21,27-29,32H,4-5,8,20,22H2,1-3H3/t27-,28+,29+,30+/m1/s1. The number of hydrogen-bond donors (Lipinski definition) is 1. The van der Waals surface area contributed by atoms with Crippen LogP contribution in [0.5, 0.6) is 5.75 Å². The molecule has 1 heterocycles. The van der Waals surface area contributed by atoms with E-state index in [1.807, 2.05) is 18.2 Å². The quantitative estimate of drug-likeness (QED) is 0.385. The van der Waals surface area contributed by atoms with Crippen molar-refractivity contribution in [2.45, 2.75) is 56.7 Å². The van der Waals surface area contributed by atoms with E-state index in [9.17, 15) is 5.11 Å². The molecule has 0 bridgehead atoms. The molecule has 1 saturated heterocycles. The summed E-state index contributed by atoms with van der Waals surface area (Å²) in [6.45, 7) is 2.24. The highest BCUT2D eigenvalue weighted by Crippen LogP contribution is 2.55. The van der Waals surface area contributed by atoms with Crippen LogP contribution in [0.25, 0.3) is 0 Å². The third kappa shape index (κ3) is 4.85. The Kier molecular flexibility index (Phi) is 7.52. The van der Waals surface area contributed by atoms with Gasteiger partial charge in [-0.15, -0.1) is 0 Å². The highest BCUT2D eigenvalue weighted by Gasteiger charge is 2.51. The molecule has 3 aromatic carbocycles. The van der Waals surface area contributed by atoms with Gasteiger partial charge in [0.05, 0.1) is 12.7 Å². The Morgan fingerprint density at radius 3 is 2.21 bits per heavy atom. The van der Waals surface area contributed by atoms with Crippen LogP contribution in [-0.4, -0.2) is 24.2 Å². The van der Waals surface area contributed by atoms with Gasteiger partial charge in [-0.25, -0.2) is 0 Å². The summed E-state index contributed by atoms with van der Waals surface area (Å²) in [6, 6.07) is 29.6. The fraction of sp³-hybridized carbons (Fsp3) is 0.400. The van der Waals surface area contributed by atoms with Gasteiger partial charge in [0.2, 0.25) is 0 Å². The molecule has 174 valence electrons. The summed E-state index contributed by atoms with van der Waals surface area (Å²) in [5.74, 6) is 0.864. The highest BCUT2D eigenvalue weighted by atomic mass is 16.5. The van der Waals surface area contributed by atoms with Crippen LogP contribution >= 0.6 is 0 Å². The van der Waals surface area contributed by atoms with E-state index in [1.165, 1.54) is 24.0 Å². The lowest BCUT2D eigenvalue weighted by Crippen LogP contribution is -2.52. The Morgan fingerprint density at radius 2 is 1.58 bits per heavy atom. The number of benzene rings is 3. The van der Waals surface area contributed by atoms with Gasteiger partial charge >= 0.3 is 0 Å². The minimum atomic E-state index is -0.962. The molecule has 0 unspecified atom stereocenters. The number of methoxy groups -OCH3 is 1. The third-order valence-corrected chi connectivity index (χ3v) is 7.44. The van der Waals surface area contributed by atoms with Crippen LogP contribution in [0.3, 0.4) is 0 Å². The molecular formula is C30H37NO2. The van der Waals surface area contributed by atoms with E-state index in [2.05, 4.69) is 85.6 Å². The van der Waals surface area contributed by atoms with Crippen molar-refractivity contribution in [2.75, 3.05) is 14.2 Å². The molecule has 0 aliphatic carbocycles. The number of nitrogens with zero attached hydrogens (tertiary/aromatic N) is 1. The van der Waals surface area contributed by atoms with Gasteiger partial charge in [-0.3, -0.25) is 4.90 Å². The number of piperidine rings is 1. The van der Waals surface area contributed by atoms with Crippen molar-refractivity contribution in [3.8, 4) is 5.75 Å². The molecule has 4 rings (SSSR count). The second-order valence-electron chi connectivity index (χ2n) is 9.41. The first-order valence-electron chi connectivity index (χ1n) is 12.3. The predicted molar refractivity (Wildman–Crippen MR) is 135 cm³/mol. The lowest BCUT2D eigenvalue weighted by atomic mass is 9.65. The second kappa shape index (κ2) is 10.5. The Balaban J connectivity index is 1.86. The van der Waals surface area contributed by atoms with Crippen LogP contribution in [0.4, 0.5) is 0 Å². The average Bonchev–Trinajstić information content (AvgIpc) is 2.87. The lowest BCUT2D eigenvalue weighted by Gasteiger charge is -2.54. The topological polar surface area (TPSA) is 32.7 Å². The molecule has 3 heteroatoms. The van der Waals surface area contributed by atoms with Crippen LogP contribution in [0.2, 0.25) is 0 Å². The number of rotatable bonds is 8. The fourth-order valence-corrected chi connectivity index (χ4v) is 5.71. The van der Waals surface area contributed by atoms with Crippen molar-refractivity contribution in [3.63, 3.8) is 0 Å². The minimum absolute atomic E-state index is 0.0727. The molecule has 1 aliphatic heterocycles. The minimum Gasteiger partial charge on any atom is -0.497 e. The van der Waals surface area contributed by atoms with Crippen LogP contribution in [0, 0.1) is 5.92 Å². The number of unbranched alkanes of at least 4 members (excludes halogenated alkanes) is 2. The van der Waals surface area contributed by atoms with E-state index >= 15 is 0 Å². The van der Waals surface area contributed by atoms with Crippen molar-refractivity contribution in [1.29, 1.82) is 0 Å². The van der Waals surface area contributed by atoms with Crippen LogP contribution in [0.1, 0.15) is 67.8 Å². The second-order valence-corrected chi connectivity index (χ2v) is 9.41. The van der Waals surface area contributed by atoms with Gasteiger partial charge in [-0.1, -0.05) is 99.0 Å². The van der Waals surface area contributed by atoms with E-state index < -0.39 is 5.60 Å². The maximum absolute atomic E-state index is 12.6. The summed E-state index contributed by atoms with van der Waals surface area (Å²) in [4.78, 5) is 2.50. The normalized spacial score (nSPS) is 25.6. The molecule has 4 atom stereocenters. The van der Waals surface area contributed by atoms with Crippen LogP contribution in [-0.2, 0) is 5.60 Å². The molecule has 0 aromatic heterocycles. The Morgan fingerprint density at radius 1 is 0.909 bits per heavy atom. The monoisotopic (exact) mass is 443 g/mol. The van der Waals surface area contributed by atoms with Gasteiger partial charge in [0.1, 0.15) is 5.75 Å². The van der Waals surface area contributed by atoms with Gasteiger partial charge in [0.15, 0.2) is 0 Å². The molecular weight excluding hydrogens is 406 g/mol. The smallest absolute Gasteiger partial charge is 0.119 e. The molecule has 0 amide bonds. The molecule has 1 N–H and O–H groups in total. The molecule has 1 aliphatic rings. The van der Waals surface area contributed by atoms with Crippen molar-refractivity contribution >= 4 is 0 Å². The molecule has 0 spiro atoms. The predicted octanol–water partition coefficient (Wildman–Crippen LogP) is 6.90. The summed E-state index contributed by atoms with van der Waals surface area (Å²) >= 11 is 0. The number of likely N-dealkylation sites (tertiary alicyclic amines) is 1. The van der Waals surface area contributed by atoms with Gasteiger partial charge in [0, 0.05) is 24.4 Å². The van der Waals surface area contributed by atoms with Crippen molar-refractivity contribution in [3.05, 3.63) is 102 Å². The summed E-state index contributed by atoms with van der Waals surface area (Å²) in [6.07, 6.45) is 5.09. The average molecular weight is 444 g/mol. The number of ether oxygens (including phenoxy) is 1. The zero-order valence-corrected chi connectivity index (χ0v) is 20.2. The lowest BCUT2D eigenvalue weighted by molar-refractivity contribution is -0.130. The van der Waals surface area contributed by atoms with Gasteiger partial charge in [0.25, 0.3) is 0 Å². The third-order valence-electron chi connectivity index (χ3n) is 7.44. The van der Waals surface area contributed by atoms with Crippen molar-refractivity contribution < 1.29 is 9.84 Å². The Bertz CT molecular complexity index is 1010. The van der Waals surface area contributed by atoms with E-state index in [0.29, 0.717) is 6.42 Å². The molecule has 0 saturated carbocycles. The summed E-state index contributed by atoms with van der Waals surface area (Å²) in [5.41, 5.74) is 2.51. The van der Waals surface area contributed by atoms with Crippen LogP contribution < -0.4 is 4.74 Å². The first-order valence-corrected chi connectivity index (χ1v) is 12.3. The van der Waals surface area contributed by atoms with E-state index in [0.717, 1.165) is 24.2 Å². The van der Waals surface area contributed by atoms with Crippen molar-refractivity contribution in [1.82, 2.24) is 4.90 Å². The number of aliphatic hydroxyl groups is 1. The molecule has 33 heavy (non-hydrogen) atoms. The fourth-order valence-electron chi connectivity index (χ4n) is 5.71. The first kappa shape index (κ1) is 23.5. The van der Waals surface area contributed by atoms with E-state index in [-0.39, 0.29) is 18.0 Å². The molecule has 3 nitrogen and oxygen atoms in total. The molecule has 1 fully saturated rings. The summed E-state index contributed by atoms with van der Waals surface area (Å²) in [7, 11) is 3.92. The Hall–Kier alpha value is -2.62.